The average molecular weight is 467 g/mol. The first-order valence-corrected chi connectivity index (χ1v) is 12.1. The van der Waals surface area contributed by atoms with Gasteiger partial charge in [-0.2, -0.15) is 0 Å². The van der Waals surface area contributed by atoms with Gasteiger partial charge in [-0.1, -0.05) is 24.3 Å². The third kappa shape index (κ3) is 4.80. The third-order valence-electron chi connectivity index (χ3n) is 5.73. The molecule has 1 aliphatic rings. The molecule has 1 fully saturated rings. The van der Waals surface area contributed by atoms with E-state index in [2.05, 4.69) is 4.72 Å². The van der Waals surface area contributed by atoms with Crippen LogP contribution >= 0.6 is 0 Å². The maximum absolute atomic E-state index is 13.4. The summed E-state index contributed by atoms with van der Waals surface area (Å²) in [7, 11) is -0.553. The van der Waals surface area contributed by atoms with Gasteiger partial charge >= 0.3 is 0 Å². The fraction of sp³-hybridized carbons (Fsp3) is 0.240. The van der Waals surface area contributed by atoms with E-state index in [1.807, 2.05) is 23.1 Å². The van der Waals surface area contributed by atoms with Crippen molar-refractivity contribution < 1.29 is 22.7 Å². The molecule has 4 rings (SSSR count). The Morgan fingerprint density at radius 2 is 1.76 bits per heavy atom. The second-order valence-corrected chi connectivity index (χ2v) is 9.45. The van der Waals surface area contributed by atoms with Gasteiger partial charge in [0.1, 0.15) is 11.5 Å². The molecule has 1 aliphatic heterocycles. The molecule has 1 N–H and O–H groups in total. The van der Waals surface area contributed by atoms with Gasteiger partial charge in [0, 0.05) is 29.4 Å². The summed E-state index contributed by atoms with van der Waals surface area (Å²) in [5, 5.41) is 0. The molecule has 7 nitrogen and oxygen atoms in total. The van der Waals surface area contributed by atoms with Gasteiger partial charge in [-0.3, -0.25) is 9.52 Å². The van der Waals surface area contributed by atoms with Gasteiger partial charge < -0.3 is 14.4 Å². The van der Waals surface area contributed by atoms with Crippen LogP contribution in [0.1, 0.15) is 34.8 Å². The number of amides is 1. The van der Waals surface area contributed by atoms with Crippen LogP contribution in [0.15, 0.2) is 77.7 Å². The molecule has 0 radical (unpaired) electrons. The van der Waals surface area contributed by atoms with Crippen LogP contribution < -0.4 is 14.2 Å². The summed E-state index contributed by atoms with van der Waals surface area (Å²) in [6, 6.07) is 20.2. The van der Waals surface area contributed by atoms with Crippen LogP contribution in [0.25, 0.3) is 0 Å². The van der Waals surface area contributed by atoms with Crippen molar-refractivity contribution in [2.24, 2.45) is 0 Å². The number of hydrogen-bond acceptors (Lipinski definition) is 5. The summed E-state index contributed by atoms with van der Waals surface area (Å²) < 4.78 is 38.7. The summed E-state index contributed by atoms with van der Waals surface area (Å²) in [4.78, 5) is 15.4. The zero-order valence-corrected chi connectivity index (χ0v) is 19.3. The molecular weight excluding hydrogens is 440 g/mol. The van der Waals surface area contributed by atoms with E-state index in [4.69, 9.17) is 9.47 Å². The van der Waals surface area contributed by atoms with E-state index in [1.54, 1.807) is 56.7 Å². The lowest BCUT2D eigenvalue weighted by Crippen LogP contribution is -2.30. The summed E-state index contributed by atoms with van der Waals surface area (Å²) >= 11 is 0. The number of ether oxygens (including phenoxy) is 2. The molecule has 0 aliphatic carbocycles. The first-order chi connectivity index (χ1) is 15.9. The predicted molar refractivity (Wildman–Crippen MR) is 126 cm³/mol. The van der Waals surface area contributed by atoms with Crippen molar-refractivity contribution >= 4 is 21.6 Å². The summed E-state index contributed by atoms with van der Waals surface area (Å²) in [6.45, 7) is 0.610. The minimum atomic E-state index is -3.75. The van der Waals surface area contributed by atoms with Crippen molar-refractivity contribution in [2.45, 2.75) is 23.8 Å². The van der Waals surface area contributed by atoms with Crippen LogP contribution in [0.3, 0.4) is 0 Å². The topological polar surface area (TPSA) is 84.9 Å². The highest BCUT2D eigenvalue weighted by molar-refractivity contribution is 7.92. The molecule has 0 spiro atoms. The standard InChI is InChI=1S/C25H26N2O5S/c1-31-20-13-14-22(24(17-20)32-2)23-12-7-15-27(23)25(28)18-8-6-9-19(16-18)26-33(29,30)21-10-4-3-5-11-21/h3-6,8-11,13-14,16-17,23,26H,7,12,15H2,1-2H3/t23-/m1/s1. The highest BCUT2D eigenvalue weighted by Gasteiger charge is 2.32. The molecule has 0 bridgehead atoms. The van der Waals surface area contributed by atoms with Crippen LogP contribution in [0.5, 0.6) is 11.5 Å². The van der Waals surface area contributed by atoms with E-state index in [0.29, 0.717) is 29.3 Å². The first-order valence-electron chi connectivity index (χ1n) is 10.6. The van der Waals surface area contributed by atoms with Crippen LogP contribution in [0.4, 0.5) is 5.69 Å². The lowest BCUT2D eigenvalue weighted by molar-refractivity contribution is 0.0734. The number of methoxy groups -OCH3 is 2. The molecule has 1 heterocycles. The van der Waals surface area contributed by atoms with E-state index in [-0.39, 0.29) is 16.8 Å². The van der Waals surface area contributed by atoms with Crippen LogP contribution in [-0.2, 0) is 10.0 Å². The number of sulfonamides is 1. The van der Waals surface area contributed by atoms with Gasteiger partial charge in [0.05, 0.1) is 25.2 Å². The highest BCUT2D eigenvalue weighted by Crippen LogP contribution is 2.39. The maximum atomic E-state index is 13.4. The number of rotatable bonds is 7. The molecule has 1 atom stereocenters. The fourth-order valence-corrected chi connectivity index (χ4v) is 5.19. The maximum Gasteiger partial charge on any atom is 0.261 e. The Hall–Kier alpha value is -3.52. The molecule has 8 heteroatoms. The molecular formula is C25H26N2O5S. The number of carbonyl (C=O) groups is 1. The van der Waals surface area contributed by atoms with E-state index < -0.39 is 10.0 Å². The Kier molecular flexibility index (Phi) is 6.55. The largest absolute Gasteiger partial charge is 0.497 e. The minimum absolute atomic E-state index is 0.136. The summed E-state index contributed by atoms with van der Waals surface area (Å²) in [5.41, 5.74) is 1.68. The average Bonchev–Trinajstić information content (AvgIpc) is 3.33. The zero-order valence-electron chi connectivity index (χ0n) is 18.5. The minimum Gasteiger partial charge on any atom is -0.497 e. The van der Waals surface area contributed by atoms with Crippen molar-refractivity contribution in [1.29, 1.82) is 0 Å². The fourth-order valence-electron chi connectivity index (χ4n) is 4.12. The molecule has 0 aromatic heterocycles. The molecule has 172 valence electrons. The lowest BCUT2D eigenvalue weighted by Gasteiger charge is -2.27. The van der Waals surface area contributed by atoms with E-state index in [9.17, 15) is 13.2 Å². The Balaban J connectivity index is 1.58. The number of benzene rings is 3. The van der Waals surface area contributed by atoms with Crippen LogP contribution in [0.2, 0.25) is 0 Å². The second kappa shape index (κ2) is 9.54. The number of nitrogens with zero attached hydrogens (tertiary/aromatic N) is 1. The molecule has 3 aromatic carbocycles. The molecule has 0 unspecified atom stereocenters. The van der Waals surface area contributed by atoms with Crippen molar-refractivity contribution in [3.8, 4) is 11.5 Å². The molecule has 0 saturated carbocycles. The van der Waals surface area contributed by atoms with Crippen molar-refractivity contribution in [2.75, 3.05) is 25.5 Å². The monoisotopic (exact) mass is 466 g/mol. The number of anilines is 1. The summed E-state index contributed by atoms with van der Waals surface area (Å²) in [6.07, 6.45) is 1.68. The van der Waals surface area contributed by atoms with Crippen molar-refractivity contribution in [3.05, 3.63) is 83.9 Å². The van der Waals surface area contributed by atoms with E-state index in [0.717, 1.165) is 18.4 Å². The SMILES string of the molecule is COc1ccc([C@H]2CCCN2C(=O)c2cccc(NS(=O)(=O)c3ccccc3)c2)c(OC)c1. The number of hydrogen-bond donors (Lipinski definition) is 1. The molecule has 3 aromatic rings. The van der Waals surface area contributed by atoms with Gasteiger partial charge in [-0.25, -0.2) is 8.42 Å². The molecule has 1 amide bonds. The van der Waals surface area contributed by atoms with Gasteiger partial charge in [0.15, 0.2) is 0 Å². The van der Waals surface area contributed by atoms with Gasteiger partial charge in [0.25, 0.3) is 15.9 Å². The van der Waals surface area contributed by atoms with E-state index >= 15 is 0 Å². The molecule has 1 saturated heterocycles. The number of nitrogens with one attached hydrogen (secondary N) is 1. The van der Waals surface area contributed by atoms with Gasteiger partial charge in [-0.15, -0.1) is 0 Å². The molecule has 33 heavy (non-hydrogen) atoms. The van der Waals surface area contributed by atoms with Crippen LogP contribution in [0, 0.1) is 0 Å². The highest BCUT2D eigenvalue weighted by atomic mass is 32.2. The lowest BCUT2D eigenvalue weighted by atomic mass is 10.0. The Labute approximate surface area is 194 Å². The zero-order chi connectivity index (χ0) is 23.4. The van der Waals surface area contributed by atoms with Crippen molar-refractivity contribution in [3.63, 3.8) is 0 Å². The Bertz CT molecular complexity index is 1240. The normalized spacial score (nSPS) is 15.8. The second-order valence-electron chi connectivity index (χ2n) is 7.76. The third-order valence-corrected chi connectivity index (χ3v) is 7.13. The van der Waals surface area contributed by atoms with E-state index in [1.165, 1.54) is 12.1 Å². The first kappa shape index (κ1) is 22.7. The van der Waals surface area contributed by atoms with Gasteiger partial charge in [0.2, 0.25) is 0 Å². The van der Waals surface area contributed by atoms with Gasteiger partial charge in [-0.05, 0) is 55.3 Å². The smallest absolute Gasteiger partial charge is 0.261 e. The van der Waals surface area contributed by atoms with Crippen LogP contribution in [-0.4, -0.2) is 40.0 Å². The number of likely N-dealkylation sites (tertiary alicyclic amines) is 1. The quantitative estimate of drug-likeness (QED) is 0.555. The number of carbonyl (C=O) groups excluding carboxylic acids is 1. The Morgan fingerprint density at radius 3 is 2.48 bits per heavy atom. The predicted octanol–water partition coefficient (Wildman–Crippen LogP) is 4.48. The summed E-state index contributed by atoms with van der Waals surface area (Å²) in [5.74, 6) is 1.20. The van der Waals surface area contributed by atoms with Crippen molar-refractivity contribution in [1.82, 2.24) is 4.90 Å². The Morgan fingerprint density at radius 1 is 0.970 bits per heavy atom.